The molecule has 0 spiro atoms. The van der Waals surface area contributed by atoms with E-state index in [1.165, 1.54) is 12.1 Å². The SMILES string of the molecule is Cc1ccc(F)c(C(=O)NCCS(=O)Cc2ccccc2)c1. The Morgan fingerprint density at radius 1 is 1.18 bits per heavy atom. The highest BCUT2D eigenvalue weighted by Gasteiger charge is 2.11. The maximum absolute atomic E-state index is 13.6. The monoisotopic (exact) mass is 319 g/mol. The van der Waals surface area contributed by atoms with Gasteiger partial charge in [0.05, 0.1) is 5.56 Å². The number of amides is 1. The third-order valence-corrected chi connectivity index (χ3v) is 4.47. The van der Waals surface area contributed by atoms with Crippen molar-refractivity contribution in [2.45, 2.75) is 12.7 Å². The standard InChI is InChI=1S/C17H18FNO2S/c1-13-7-8-16(18)15(11-13)17(20)19-9-10-22(21)12-14-5-3-2-4-6-14/h2-8,11H,9-10,12H2,1H3,(H,19,20). The molecule has 0 aliphatic carbocycles. The third kappa shape index (κ3) is 4.77. The van der Waals surface area contributed by atoms with Crippen LogP contribution in [0, 0.1) is 12.7 Å². The normalized spacial score (nSPS) is 11.9. The molecule has 0 fully saturated rings. The highest BCUT2D eigenvalue weighted by Crippen LogP contribution is 2.09. The smallest absolute Gasteiger partial charge is 0.254 e. The van der Waals surface area contributed by atoms with Gasteiger partial charge in [0.25, 0.3) is 5.91 Å². The first-order valence-electron chi connectivity index (χ1n) is 6.99. The van der Waals surface area contributed by atoms with E-state index < -0.39 is 22.5 Å². The molecule has 2 aromatic rings. The molecule has 1 N–H and O–H groups in total. The first kappa shape index (κ1) is 16.4. The molecule has 1 atom stereocenters. The molecule has 0 radical (unpaired) electrons. The summed E-state index contributed by atoms with van der Waals surface area (Å²) in [4.78, 5) is 11.9. The molecule has 22 heavy (non-hydrogen) atoms. The lowest BCUT2D eigenvalue weighted by Gasteiger charge is -2.07. The van der Waals surface area contributed by atoms with Gasteiger partial charge in [0.1, 0.15) is 5.82 Å². The zero-order valence-electron chi connectivity index (χ0n) is 12.3. The predicted octanol–water partition coefficient (Wildman–Crippen LogP) is 2.81. The van der Waals surface area contributed by atoms with Crippen molar-refractivity contribution in [1.29, 1.82) is 0 Å². The number of halogens is 1. The number of benzene rings is 2. The van der Waals surface area contributed by atoms with E-state index in [1.54, 1.807) is 13.0 Å². The summed E-state index contributed by atoms with van der Waals surface area (Å²) in [5, 5.41) is 2.61. The Bertz CT molecular complexity index is 674. The van der Waals surface area contributed by atoms with Gasteiger partial charge < -0.3 is 5.32 Å². The molecule has 0 aromatic heterocycles. The maximum Gasteiger partial charge on any atom is 0.254 e. The Morgan fingerprint density at radius 2 is 1.91 bits per heavy atom. The number of carbonyl (C=O) groups is 1. The molecule has 116 valence electrons. The van der Waals surface area contributed by atoms with Gasteiger partial charge in [-0.3, -0.25) is 9.00 Å². The summed E-state index contributed by atoms with van der Waals surface area (Å²) in [7, 11) is -1.06. The fraction of sp³-hybridized carbons (Fsp3) is 0.235. The van der Waals surface area contributed by atoms with Gasteiger partial charge in [-0.1, -0.05) is 42.0 Å². The Balaban J connectivity index is 1.82. The van der Waals surface area contributed by atoms with E-state index in [0.717, 1.165) is 11.1 Å². The lowest BCUT2D eigenvalue weighted by atomic mass is 10.1. The van der Waals surface area contributed by atoms with Crippen LogP contribution in [0.3, 0.4) is 0 Å². The van der Waals surface area contributed by atoms with Crippen molar-refractivity contribution in [3.8, 4) is 0 Å². The van der Waals surface area contributed by atoms with E-state index in [1.807, 2.05) is 30.3 Å². The van der Waals surface area contributed by atoms with Crippen LogP contribution >= 0.6 is 0 Å². The van der Waals surface area contributed by atoms with Crippen molar-refractivity contribution in [3.05, 3.63) is 71.0 Å². The van der Waals surface area contributed by atoms with Gasteiger partial charge in [-0.25, -0.2) is 4.39 Å². The van der Waals surface area contributed by atoms with Gasteiger partial charge in [0.15, 0.2) is 0 Å². The van der Waals surface area contributed by atoms with Crippen molar-refractivity contribution >= 4 is 16.7 Å². The van der Waals surface area contributed by atoms with Crippen LogP contribution in [0.25, 0.3) is 0 Å². The Labute approximate surface area is 132 Å². The molecular weight excluding hydrogens is 301 g/mol. The van der Waals surface area contributed by atoms with Crippen LogP contribution in [0.2, 0.25) is 0 Å². The van der Waals surface area contributed by atoms with Crippen LogP contribution in [-0.4, -0.2) is 22.4 Å². The van der Waals surface area contributed by atoms with Gasteiger partial charge in [-0.2, -0.15) is 0 Å². The molecule has 0 bridgehead atoms. The summed E-state index contributed by atoms with van der Waals surface area (Å²) in [5.74, 6) is -0.227. The van der Waals surface area contributed by atoms with Crippen molar-refractivity contribution in [3.63, 3.8) is 0 Å². The van der Waals surface area contributed by atoms with E-state index in [0.29, 0.717) is 11.5 Å². The first-order chi connectivity index (χ1) is 10.6. The number of rotatable bonds is 6. The van der Waals surface area contributed by atoms with Crippen LogP contribution in [-0.2, 0) is 16.6 Å². The molecule has 0 aliphatic heterocycles. The second kappa shape index (κ2) is 7.84. The second-order valence-corrected chi connectivity index (χ2v) is 6.59. The van der Waals surface area contributed by atoms with E-state index in [-0.39, 0.29) is 12.1 Å². The molecule has 1 unspecified atom stereocenters. The van der Waals surface area contributed by atoms with Crippen molar-refractivity contribution in [2.75, 3.05) is 12.3 Å². The molecule has 0 heterocycles. The molecule has 0 saturated heterocycles. The van der Waals surface area contributed by atoms with Gasteiger partial charge in [0, 0.05) is 28.9 Å². The second-order valence-electron chi connectivity index (χ2n) is 5.01. The van der Waals surface area contributed by atoms with Gasteiger partial charge in [-0.05, 0) is 24.6 Å². The van der Waals surface area contributed by atoms with Crippen molar-refractivity contribution in [1.82, 2.24) is 5.32 Å². The molecule has 2 rings (SSSR count). The molecule has 3 nitrogen and oxygen atoms in total. The fourth-order valence-electron chi connectivity index (χ4n) is 2.02. The molecule has 0 saturated carbocycles. The fourth-order valence-corrected chi connectivity index (χ4v) is 3.06. The molecular formula is C17H18FNO2S. The highest BCUT2D eigenvalue weighted by atomic mass is 32.2. The summed E-state index contributed by atoms with van der Waals surface area (Å²) in [6, 6.07) is 13.9. The van der Waals surface area contributed by atoms with Gasteiger partial charge in [-0.15, -0.1) is 0 Å². The van der Waals surface area contributed by atoms with Crippen molar-refractivity contribution < 1.29 is 13.4 Å². The summed E-state index contributed by atoms with van der Waals surface area (Å²) in [6.07, 6.45) is 0. The number of aryl methyl sites for hydroxylation is 1. The summed E-state index contributed by atoms with van der Waals surface area (Å²) >= 11 is 0. The van der Waals surface area contributed by atoms with Crippen LogP contribution in [0.4, 0.5) is 4.39 Å². The zero-order valence-corrected chi connectivity index (χ0v) is 13.2. The number of carbonyl (C=O) groups excluding carboxylic acids is 1. The van der Waals surface area contributed by atoms with E-state index >= 15 is 0 Å². The van der Waals surface area contributed by atoms with E-state index in [4.69, 9.17) is 0 Å². The number of hydrogen-bond donors (Lipinski definition) is 1. The van der Waals surface area contributed by atoms with Crippen LogP contribution in [0.15, 0.2) is 48.5 Å². The van der Waals surface area contributed by atoms with E-state index in [2.05, 4.69) is 5.32 Å². The quantitative estimate of drug-likeness (QED) is 0.890. The van der Waals surface area contributed by atoms with Crippen molar-refractivity contribution in [2.24, 2.45) is 0 Å². The molecule has 2 aromatic carbocycles. The third-order valence-electron chi connectivity index (χ3n) is 3.15. The van der Waals surface area contributed by atoms with Crippen LogP contribution in [0.5, 0.6) is 0 Å². The first-order valence-corrected chi connectivity index (χ1v) is 8.48. The molecule has 0 aliphatic rings. The highest BCUT2D eigenvalue weighted by molar-refractivity contribution is 7.84. The number of hydrogen-bond acceptors (Lipinski definition) is 2. The largest absolute Gasteiger partial charge is 0.351 e. The number of nitrogens with one attached hydrogen (secondary N) is 1. The van der Waals surface area contributed by atoms with Gasteiger partial charge >= 0.3 is 0 Å². The predicted molar refractivity (Wildman–Crippen MR) is 86.6 cm³/mol. The molecule has 1 amide bonds. The summed E-state index contributed by atoms with van der Waals surface area (Å²) < 4.78 is 25.5. The lowest BCUT2D eigenvalue weighted by Crippen LogP contribution is -2.28. The Morgan fingerprint density at radius 3 is 2.64 bits per heavy atom. The Kier molecular flexibility index (Phi) is 5.83. The maximum atomic E-state index is 13.6. The molecule has 5 heteroatoms. The minimum Gasteiger partial charge on any atom is -0.351 e. The summed E-state index contributed by atoms with van der Waals surface area (Å²) in [5.41, 5.74) is 1.84. The topological polar surface area (TPSA) is 46.2 Å². The lowest BCUT2D eigenvalue weighted by molar-refractivity contribution is 0.0952. The zero-order chi connectivity index (χ0) is 15.9. The minimum absolute atomic E-state index is 0.0221. The Hall–Kier alpha value is -2.01. The van der Waals surface area contributed by atoms with Crippen LogP contribution < -0.4 is 5.32 Å². The van der Waals surface area contributed by atoms with E-state index in [9.17, 15) is 13.4 Å². The minimum atomic E-state index is -1.06. The summed E-state index contributed by atoms with van der Waals surface area (Å²) in [6.45, 7) is 2.05. The average molecular weight is 319 g/mol. The average Bonchev–Trinajstić information content (AvgIpc) is 2.50. The van der Waals surface area contributed by atoms with Gasteiger partial charge in [0.2, 0.25) is 0 Å². The van der Waals surface area contributed by atoms with Crippen LogP contribution in [0.1, 0.15) is 21.5 Å².